The molecule has 4 aromatic rings. The zero-order valence-corrected chi connectivity index (χ0v) is 17.8. The molecule has 0 saturated carbocycles. The molecule has 2 aromatic heterocycles. The summed E-state index contributed by atoms with van der Waals surface area (Å²) in [6, 6.07) is 14.0. The van der Waals surface area contributed by atoms with Crippen LogP contribution in [0.3, 0.4) is 0 Å². The molecule has 0 unspecified atom stereocenters. The summed E-state index contributed by atoms with van der Waals surface area (Å²) >= 11 is 0. The zero-order valence-electron chi connectivity index (χ0n) is 17.8. The molecule has 6 nitrogen and oxygen atoms in total. The second-order valence-electron chi connectivity index (χ2n) is 8.02. The van der Waals surface area contributed by atoms with Gasteiger partial charge in [-0.25, -0.2) is 13.8 Å². The normalized spacial score (nSPS) is 17.2. The van der Waals surface area contributed by atoms with Crippen LogP contribution in [-0.2, 0) is 13.0 Å². The van der Waals surface area contributed by atoms with Crippen molar-refractivity contribution >= 4 is 11.6 Å². The SMILES string of the molecule is Cc1nc2c(OCc3c(F)cccc3F)cccn2c1C(=O)N[C@@H]1c2ccccc2C[C@H]1O. The number of imidazole rings is 1. The lowest BCUT2D eigenvalue weighted by atomic mass is 10.1. The van der Waals surface area contributed by atoms with Gasteiger partial charge in [0.05, 0.1) is 23.4 Å². The maximum atomic E-state index is 14.0. The molecule has 0 saturated heterocycles. The first-order valence-corrected chi connectivity index (χ1v) is 10.5. The van der Waals surface area contributed by atoms with Crippen molar-refractivity contribution in [3.63, 3.8) is 0 Å². The van der Waals surface area contributed by atoms with Gasteiger partial charge in [0.1, 0.15) is 23.9 Å². The number of benzene rings is 2. The molecular formula is C25H21F2N3O3. The lowest BCUT2D eigenvalue weighted by molar-refractivity contribution is 0.0852. The highest BCUT2D eigenvalue weighted by atomic mass is 19.1. The van der Waals surface area contributed by atoms with E-state index in [4.69, 9.17) is 4.74 Å². The molecule has 2 heterocycles. The maximum absolute atomic E-state index is 14.0. The number of halogens is 2. The van der Waals surface area contributed by atoms with E-state index >= 15 is 0 Å². The molecule has 2 N–H and O–H groups in total. The lowest BCUT2D eigenvalue weighted by Crippen LogP contribution is -2.34. The zero-order chi connectivity index (χ0) is 23.1. The van der Waals surface area contributed by atoms with E-state index in [9.17, 15) is 18.7 Å². The number of pyridine rings is 1. The molecular weight excluding hydrogens is 428 g/mol. The summed E-state index contributed by atoms with van der Waals surface area (Å²) in [6.07, 6.45) is 1.41. The molecule has 1 aliphatic carbocycles. The molecule has 5 rings (SSSR count). The van der Waals surface area contributed by atoms with Gasteiger partial charge < -0.3 is 15.2 Å². The van der Waals surface area contributed by atoms with Crippen LogP contribution < -0.4 is 10.1 Å². The first-order valence-electron chi connectivity index (χ1n) is 10.5. The third kappa shape index (κ3) is 3.72. The number of aliphatic hydroxyl groups excluding tert-OH is 1. The fourth-order valence-corrected chi connectivity index (χ4v) is 4.32. The van der Waals surface area contributed by atoms with E-state index in [1.807, 2.05) is 24.3 Å². The van der Waals surface area contributed by atoms with Crippen LogP contribution in [0.1, 0.15) is 38.9 Å². The van der Waals surface area contributed by atoms with Crippen LogP contribution in [0.4, 0.5) is 8.78 Å². The highest BCUT2D eigenvalue weighted by molar-refractivity contribution is 5.95. The van der Waals surface area contributed by atoms with Crippen LogP contribution in [0.25, 0.3) is 5.65 Å². The average molecular weight is 449 g/mol. The molecule has 2 atom stereocenters. The van der Waals surface area contributed by atoms with Crippen LogP contribution in [0, 0.1) is 18.6 Å². The number of carbonyl (C=O) groups is 1. The first-order chi connectivity index (χ1) is 15.9. The number of nitrogens with zero attached hydrogens (tertiary/aromatic N) is 2. The Hall–Kier alpha value is -3.78. The minimum Gasteiger partial charge on any atom is -0.485 e. The highest BCUT2D eigenvalue weighted by Crippen LogP contribution is 2.32. The number of nitrogens with one attached hydrogen (secondary N) is 1. The van der Waals surface area contributed by atoms with Gasteiger partial charge in [0.2, 0.25) is 0 Å². The summed E-state index contributed by atoms with van der Waals surface area (Å²) < 4.78 is 35.2. The number of aryl methyl sites for hydroxylation is 1. The van der Waals surface area contributed by atoms with Gasteiger partial charge in [-0.1, -0.05) is 30.3 Å². The molecule has 168 valence electrons. The number of fused-ring (bicyclic) bond motifs is 2. The number of rotatable bonds is 5. The number of hydrogen-bond acceptors (Lipinski definition) is 4. The van der Waals surface area contributed by atoms with Crippen LogP contribution in [-0.4, -0.2) is 26.5 Å². The van der Waals surface area contributed by atoms with E-state index < -0.39 is 29.7 Å². The minimum atomic E-state index is -0.722. The largest absolute Gasteiger partial charge is 0.485 e. The molecule has 33 heavy (non-hydrogen) atoms. The number of ether oxygens (including phenoxy) is 1. The molecule has 0 spiro atoms. The van der Waals surface area contributed by atoms with Gasteiger partial charge in [0.25, 0.3) is 5.91 Å². The quantitative estimate of drug-likeness (QED) is 0.485. The van der Waals surface area contributed by atoms with E-state index in [-0.39, 0.29) is 17.9 Å². The smallest absolute Gasteiger partial charge is 0.270 e. The van der Waals surface area contributed by atoms with E-state index in [2.05, 4.69) is 10.3 Å². The Morgan fingerprint density at radius 3 is 2.70 bits per heavy atom. The Balaban J connectivity index is 1.43. The number of aromatic nitrogens is 2. The summed E-state index contributed by atoms with van der Waals surface area (Å²) in [5.74, 6) is -1.50. The highest BCUT2D eigenvalue weighted by Gasteiger charge is 2.33. The standard InChI is InChI=1S/C25H21F2N3O3/c1-14-23(25(32)29-22-16-7-3-2-6-15(16)12-20(22)31)30-11-5-10-21(24(30)28-14)33-13-17-18(26)8-4-9-19(17)27/h2-11,20,22,31H,12-13H2,1H3,(H,29,32)/t20-,22-/m1/s1. The van der Waals surface area contributed by atoms with E-state index in [0.29, 0.717) is 23.5 Å². The molecule has 2 aromatic carbocycles. The second-order valence-corrected chi connectivity index (χ2v) is 8.02. The van der Waals surface area contributed by atoms with Crippen molar-refractivity contribution in [2.75, 3.05) is 0 Å². The second kappa shape index (κ2) is 8.29. The average Bonchev–Trinajstić information content (AvgIpc) is 3.29. The number of aliphatic hydroxyl groups is 1. The fraction of sp³-hybridized carbons (Fsp3) is 0.200. The Morgan fingerprint density at radius 1 is 1.15 bits per heavy atom. The van der Waals surface area contributed by atoms with Gasteiger partial charge in [0.15, 0.2) is 11.4 Å². The fourth-order valence-electron chi connectivity index (χ4n) is 4.32. The van der Waals surface area contributed by atoms with E-state index in [1.54, 1.807) is 29.7 Å². The summed E-state index contributed by atoms with van der Waals surface area (Å²) in [4.78, 5) is 17.7. The molecule has 0 bridgehead atoms. The van der Waals surface area contributed by atoms with Gasteiger partial charge in [-0.2, -0.15) is 0 Å². The number of amides is 1. The molecule has 0 fully saturated rings. The molecule has 0 radical (unpaired) electrons. The van der Waals surface area contributed by atoms with Crippen LogP contribution >= 0.6 is 0 Å². The number of hydrogen-bond donors (Lipinski definition) is 2. The van der Waals surface area contributed by atoms with Crippen molar-refractivity contribution < 1.29 is 23.4 Å². The van der Waals surface area contributed by atoms with Crippen LogP contribution in [0.15, 0.2) is 60.8 Å². The molecule has 1 aliphatic rings. The van der Waals surface area contributed by atoms with Crippen molar-refractivity contribution in [3.05, 3.63) is 101 Å². The third-order valence-corrected chi connectivity index (χ3v) is 5.93. The predicted octanol–water partition coefficient (Wildman–Crippen LogP) is 3.89. The third-order valence-electron chi connectivity index (χ3n) is 5.93. The molecule has 1 amide bonds. The van der Waals surface area contributed by atoms with Gasteiger partial charge in [-0.3, -0.25) is 9.20 Å². The van der Waals surface area contributed by atoms with Crippen molar-refractivity contribution in [3.8, 4) is 5.75 Å². The van der Waals surface area contributed by atoms with E-state index in [0.717, 1.165) is 11.1 Å². The Morgan fingerprint density at radius 2 is 1.91 bits per heavy atom. The van der Waals surface area contributed by atoms with Gasteiger partial charge >= 0.3 is 0 Å². The predicted molar refractivity (Wildman–Crippen MR) is 117 cm³/mol. The first kappa shape index (κ1) is 21.1. The Labute approximate surface area is 188 Å². The summed E-state index contributed by atoms with van der Waals surface area (Å²) in [7, 11) is 0. The van der Waals surface area contributed by atoms with Gasteiger partial charge in [-0.15, -0.1) is 0 Å². The van der Waals surface area contributed by atoms with Crippen molar-refractivity contribution in [2.45, 2.75) is 32.1 Å². The van der Waals surface area contributed by atoms with Crippen LogP contribution in [0.2, 0.25) is 0 Å². The van der Waals surface area contributed by atoms with Gasteiger partial charge in [0, 0.05) is 12.6 Å². The van der Waals surface area contributed by atoms with Gasteiger partial charge in [-0.05, 0) is 42.3 Å². The van der Waals surface area contributed by atoms with Crippen molar-refractivity contribution in [1.29, 1.82) is 0 Å². The van der Waals surface area contributed by atoms with Crippen molar-refractivity contribution in [1.82, 2.24) is 14.7 Å². The Kier molecular flexibility index (Phi) is 5.30. The minimum absolute atomic E-state index is 0.186. The van der Waals surface area contributed by atoms with E-state index in [1.165, 1.54) is 18.2 Å². The van der Waals surface area contributed by atoms with Crippen molar-refractivity contribution in [2.24, 2.45) is 0 Å². The topological polar surface area (TPSA) is 75.9 Å². The molecule has 0 aliphatic heterocycles. The van der Waals surface area contributed by atoms with Crippen LogP contribution in [0.5, 0.6) is 5.75 Å². The summed E-state index contributed by atoms with van der Waals surface area (Å²) in [5.41, 5.74) is 2.81. The lowest BCUT2D eigenvalue weighted by Gasteiger charge is -2.18. The monoisotopic (exact) mass is 449 g/mol. The Bertz CT molecular complexity index is 1350. The number of carbonyl (C=O) groups excluding carboxylic acids is 1. The maximum Gasteiger partial charge on any atom is 0.270 e. The molecule has 8 heteroatoms. The summed E-state index contributed by atoms with van der Waals surface area (Å²) in [5, 5.41) is 13.4. The summed E-state index contributed by atoms with van der Waals surface area (Å²) in [6.45, 7) is 1.37.